The zero-order chi connectivity index (χ0) is 19.5. The number of piperidine rings is 1. The summed E-state index contributed by atoms with van der Waals surface area (Å²) in [4.78, 5) is 12.7. The normalized spacial score (nSPS) is 17.4. The minimum Gasteiger partial charge on any atom is -0.494 e. The Morgan fingerprint density at radius 1 is 1.35 bits per heavy atom. The second-order valence-electron chi connectivity index (χ2n) is 7.92. The molecule has 1 aromatic rings. The zero-order valence-corrected chi connectivity index (χ0v) is 16.4. The number of nitrogens with zero attached hydrogens (tertiary/aromatic N) is 2. The number of rotatable bonds is 7. The van der Waals surface area contributed by atoms with E-state index in [2.05, 4.69) is 24.1 Å². The summed E-state index contributed by atoms with van der Waals surface area (Å²) < 4.78 is 5.36. The van der Waals surface area contributed by atoms with Crippen LogP contribution in [0.3, 0.4) is 0 Å². The van der Waals surface area contributed by atoms with Crippen LogP contribution in [0.15, 0.2) is 18.2 Å². The molecule has 1 aliphatic heterocycles. The van der Waals surface area contributed by atoms with Crippen LogP contribution in [-0.4, -0.2) is 47.9 Å². The Hall–Kier alpha value is -1.86. The smallest absolute Gasteiger partial charge is 0.273 e. The Bertz CT molecular complexity index is 620. The third-order valence-electron chi connectivity index (χ3n) is 5.05. The van der Waals surface area contributed by atoms with Gasteiger partial charge in [-0.3, -0.25) is 10.1 Å². The Morgan fingerprint density at radius 3 is 2.42 bits per heavy atom. The minimum absolute atomic E-state index is 0.0344. The molecule has 0 aliphatic carbocycles. The first-order valence-electron chi connectivity index (χ1n) is 9.19. The van der Waals surface area contributed by atoms with Crippen molar-refractivity contribution in [1.29, 1.82) is 0 Å². The van der Waals surface area contributed by atoms with Crippen LogP contribution >= 0.6 is 0 Å². The van der Waals surface area contributed by atoms with E-state index in [0.29, 0.717) is 17.7 Å². The topological polar surface area (TPSA) is 87.9 Å². The van der Waals surface area contributed by atoms with E-state index in [9.17, 15) is 15.2 Å². The molecular weight excluding hydrogens is 334 g/mol. The fraction of sp³-hybridized carbons (Fsp3) is 0.684. The molecule has 7 nitrogen and oxygen atoms in total. The van der Waals surface area contributed by atoms with Crippen LogP contribution < -0.4 is 15.0 Å². The molecule has 1 atom stereocenters. The predicted octanol–water partition coefficient (Wildman–Crippen LogP) is 2.96. The summed E-state index contributed by atoms with van der Waals surface area (Å²) in [5.41, 5.74) is 0.152. The van der Waals surface area contributed by atoms with Gasteiger partial charge in [0.25, 0.3) is 5.69 Å². The van der Waals surface area contributed by atoms with Crippen molar-refractivity contribution in [2.24, 2.45) is 5.92 Å². The number of anilines is 1. The molecule has 7 heteroatoms. The number of aliphatic hydroxyl groups is 1. The lowest BCUT2D eigenvalue weighted by molar-refractivity contribution is -0.384. The number of nitro benzene ring substituents is 1. The van der Waals surface area contributed by atoms with Crippen molar-refractivity contribution in [3.05, 3.63) is 28.3 Å². The second-order valence-corrected chi connectivity index (χ2v) is 7.92. The van der Waals surface area contributed by atoms with Crippen molar-refractivity contribution in [2.75, 3.05) is 25.1 Å². The number of nitro groups is 1. The molecule has 1 aliphatic rings. The van der Waals surface area contributed by atoms with E-state index in [1.54, 1.807) is 6.07 Å². The molecule has 0 aromatic heterocycles. The van der Waals surface area contributed by atoms with Gasteiger partial charge in [0.2, 0.25) is 0 Å². The molecule has 2 N–H and O–H groups in total. The molecule has 1 fully saturated rings. The Balaban J connectivity index is 2.03. The van der Waals surface area contributed by atoms with Gasteiger partial charge in [-0.05, 0) is 38.7 Å². The molecule has 1 heterocycles. The fourth-order valence-corrected chi connectivity index (χ4v) is 3.79. The molecule has 0 saturated carbocycles. The Kier molecular flexibility index (Phi) is 6.47. The van der Waals surface area contributed by atoms with Crippen LogP contribution in [0.2, 0.25) is 0 Å². The van der Waals surface area contributed by atoms with Crippen LogP contribution in [0.1, 0.15) is 40.5 Å². The van der Waals surface area contributed by atoms with Gasteiger partial charge in [0, 0.05) is 31.2 Å². The number of methoxy groups -OCH3 is 1. The SMILES string of the molecule is COc1cc([N+](=O)[O-])ccc1N1CCC(NC(C(C)C)C(C)(C)O)CC1. The van der Waals surface area contributed by atoms with Crippen molar-refractivity contribution in [3.63, 3.8) is 0 Å². The molecule has 1 unspecified atom stereocenters. The number of non-ortho nitro benzene ring substituents is 1. The predicted molar refractivity (Wildman–Crippen MR) is 103 cm³/mol. The van der Waals surface area contributed by atoms with Crippen LogP contribution in [0.5, 0.6) is 5.75 Å². The molecule has 26 heavy (non-hydrogen) atoms. The molecule has 0 amide bonds. The quantitative estimate of drug-likeness (QED) is 0.570. The lowest BCUT2D eigenvalue weighted by Gasteiger charge is -2.40. The molecule has 2 rings (SSSR count). The van der Waals surface area contributed by atoms with Crippen LogP contribution in [-0.2, 0) is 0 Å². The fourth-order valence-electron chi connectivity index (χ4n) is 3.79. The molecule has 0 bridgehead atoms. The van der Waals surface area contributed by atoms with Crippen LogP contribution in [0.25, 0.3) is 0 Å². The van der Waals surface area contributed by atoms with Crippen molar-refractivity contribution < 1.29 is 14.8 Å². The molecule has 1 saturated heterocycles. The maximum absolute atomic E-state index is 10.9. The molecule has 0 spiro atoms. The van der Waals surface area contributed by atoms with Crippen molar-refractivity contribution in [2.45, 2.75) is 58.2 Å². The summed E-state index contributed by atoms with van der Waals surface area (Å²) in [6.45, 7) is 9.60. The summed E-state index contributed by atoms with van der Waals surface area (Å²) >= 11 is 0. The number of nitrogens with one attached hydrogen (secondary N) is 1. The number of hydrogen-bond donors (Lipinski definition) is 2. The maximum Gasteiger partial charge on any atom is 0.273 e. The lowest BCUT2D eigenvalue weighted by atomic mass is 9.87. The summed E-state index contributed by atoms with van der Waals surface area (Å²) in [7, 11) is 1.54. The minimum atomic E-state index is -0.771. The summed E-state index contributed by atoms with van der Waals surface area (Å²) in [6.07, 6.45) is 1.89. The summed E-state index contributed by atoms with van der Waals surface area (Å²) in [5.74, 6) is 0.866. The Morgan fingerprint density at radius 2 is 1.96 bits per heavy atom. The van der Waals surface area contributed by atoms with E-state index < -0.39 is 10.5 Å². The second kappa shape index (κ2) is 8.22. The third kappa shape index (κ3) is 4.86. The van der Waals surface area contributed by atoms with Gasteiger partial charge in [0.05, 0.1) is 29.4 Å². The van der Waals surface area contributed by atoms with Gasteiger partial charge in [0.1, 0.15) is 5.75 Å². The number of ether oxygens (including phenoxy) is 1. The summed E-state index contributed by atoms with van der Waals surface area (Å²) in [6, 6.07) is 5.13. The number of benzene rings is 1. The first-order valence-corrected chi connectivity index (χ1v) is 9.19. The van der Waals surface area contributed by atoms with E-state index in [1.165, 1.54) is 19.2 Å². The lowest BCUT2D eigenvalue weighted by Crippen LogP contribution is -2.55. The van der Waals surface area contributed by atoms with Crippen LogP contribution in [0.4, 0.5) is 11.4 Å². The molecule has 0 radical (unpaired) electrons. The monoisotopic (exact) mass is 365 g/mol. The highest BCUT2D eigenvalue weighted by atomic mass is 16.6. The highest BCUT2D eigenvalue weighted by Crippen LogP contribution is 2.34. The van der Waals surface area contributed by atoms with Crippen molar-refractivity contribution in [1.82, 2.24) is 5.32 Å². The number of hydrogen-bond acceptors (Lipinski definition) is 6. The van der Waals surface area contributed by atoms with Gasteiger partial charge in [-0.2, -0.15) is 0 Å². The highest BCUT2D eigenvalue weighted by molar-refractivity contribution is 5.62. The zero-order valence-electron chi connectivity index (χ0n) is 16.4. The average Bonchev–Trinajstić information content (AvgIpc) is 2.58. The van der Waals surface area contributed by atoms with Gasteiger partial charge in [-0.15, -0.1) is 0 Å². The van der Waals surface area contributed by atoms with Gasteiger partial charge < -0.3 is 20.1 Å². The van der Waals surface area contributed by atoms with E-state index in [4.69, 9.17) is 4.74 Å². The highest BCUT2D eigenvalue weighted by Gasteiger charge is 2.32. The first kappa shape index (κ1) is 20.5. The molecule has 146 valence electrons. The van der Waals surface area contributed by atoms with E-state index in [1.807, 2.05) is 13.8 Å². The maximum atomic E-state index is 10.9. The van der Waals surface area contributed by atoms with E-state index >= 15 is 0 Å². The van der Waals surface area contributed by atoms with Gasteiger partial charge in [0.15, 0.2) is 0 Å². The Labute approximate surface area is 155 Å². The average molecular weight is 365 g/mol. The summed E-state index contributed by atoms with van der Waals surface area (Å²) in [5, 5.41) is 25.0. The molecule has 1 aromatic carbocycles. The van der Waals surface area contributed by atoms with Crippen molar-refractivity contribution in [3.8, 4) is 5.75 Å². The third-order valence-corrected chi connectivity index (χ3v) is 5.05. The van der Waals surface area contributed by atoms with E-state index in [-0.39, 0.29) is 11.7 Å². The van der Waals surface area contributed by atoms with E-state index in [0.717, 1.165) is 31.6 Å². The largest absolute Gasteiger partial charge is 0.494 e. The standard InChI is InChI=1S/C19H31N3O4/c1-13(2)18(19(3,4)23)20-14-8-10-21(11-9-14)16-7-6-15(22(24)25)12-17(16)26-5/h6-7,12-14,18,20,23H,8-11H2,1-5H3. The first-order chi connectivity index (χ1) is 12.1. The van der Waals surface area contributed by atoms with Gasteiger partial charge >= 0.3 is 0 Å². The van der Waals surface area contributed by atoms with Crippen LogP contribution in [0, 0.1) is 16.0 Å². The van der Waals surface area contributed by atoms with Gasteiger partial charge in [-0.1, -0.05) is 13.8 Å². The molecular formula is C19H31N3O4. The van der Waals surface area contributed by atoms with Gasteiger partial charge in [-0.25, -0.2) is 0 Å². The van der Waals surface area contributed by atoms with Crippen molar-refractivity contribution >= 4 is 11.4 Å².